The normalized spacial score (nSPS) is 12.4. The number of nitrogens with one attached hydrogen (secondary N) is 1. The van der Waals surface area contributed by atoms with Crippen molar-refractivity contribution in [2.24, 2.45) is 5.41 Å². The van der Waals surface area contributed by atoms with Crippen LogP contribution in [0.25, 0.3) is 0 Å². The first-order valence-corrected chi connectivity index (χ1v) is 11.4. The van der Waals surface area contributed by atoms with Gasteiger partial charge in [0.15, 0.2) is 0 Å². The molecule has 0 spiro atoms. The third kappa shape index (κ3) is 6.19. The van der Waals surface area contributed by atoms with Crippen molar-refractivity contribution < 1.29 is 9.59 Å². The number of hydrogen-bond acceptors (Lipinski definition) is 2. The maximum absolute atomic E-state index is 13.8. The summed E-state index contributed by atoms with van der Waals surface area (Å²) < 4.78 is 0. The quantitative estimate of drug-likeness (QED) is 0.546. The second kappa shape index (κ2) is 10.6. The molecule has 0 aromatic heterocycles. The van der Waals surface area contributed by atoms with Crippen molar-refractivity contribution in [2.45, 2.75) is 80.2 Å². The number of carbonyl (C=O) groups is 2. The van der Waals surface area contributed by atoms with E-state index in [-0.39, 0.29) is 23.3 Å². The summed E-state index contributed by atoms with van der Waals surface area (Å²) in [5.41, 5.74) is 7.16. The van der Waals surface area contributed by atoms with Gasteiger partial charge in [-0.3, -0.25) is 15.0 Å². The van der Waals surface area contributed by atoms with Gasteiger partial charge in [-0.05, 0) is 66.5 Å². The van der Waals surface area contributed by atoms with Gasteiger partial charge in [-0.2, -0.15) is 0 Å². The lowest BCUT2D eigenvalue weighted by atomic mass is 9.83. The van der Waals surface area contributed by atoms with E-state index in [1.165, 1.54) is 0 Å². The first-order valence-electron chi connectivity index (χ1n) is 11.4. The molecule has 1 N–H and O–H groups in total. The highest BCUT2D eigenvalue weighted by Crippen LogP contribution is 2.29. The van der Waals surface area contributed by atoms with Crippen molar-refractivity contribution in [2.75, 3.05) is 0 Å². The molecule has 0 aliphatic rings. The van der Waals surface area contributed by atoms with Crippen molar-refractivity contribution in [3.63, 3.8) is 0 Å². The van der Waals surface area contributed by atoms with Crippen LogP contribution in [0.3, 0.4) is 0 Å². The van der Waals surface area contributed by atoms with Crippen LogP contribution in [0.15, 0.2) is 42.5 Å². The summed E-state index contributed by atoms with van der Waals surface area (Å²) in [6.07, 6.45) is 3.45. The summed E-state index contributed by atoms with van der Waals surface area (Å²) in [6.45, 7) is 14.6. The fraction of sp³-hybridized carbons (Fsp3) is 0.481. The largest absolute Gasteiger partial charge is 0.272 e. The highest BCUT2D eigenvalue weighted by molar-refractivity contribution is 6.00. The number of nitrogens with zero attached hydrogens (tertiary/aromatic N) is 1. The van der Waals surface area contributed by atoms with Crippen molar-refractivity contribution >= 4 is 11.8 Å². The van der Waals surface area contributed by atoms with E-state index in [9.17, 15) is 9.59 Å². The second-order valence-corrected chi connectivity index (χ2v) is 9.35. The van der Waals surface area contributed by atoms with Crippen LogP contribution in [0.2, 0.25) is 0 Å². The van der Waals surface area contributed by atoms with E-state index in [1.807, 2.05) is 37.3 Å². The van der Waals surface area contributed by atoms with Gasteiger partial charge in [-0.15, -0.1) is 0 Å². The molecule has 4 heteroatoms. The van der Waals surface area contributed by atoms with Gasteiger partial charge in [0.05, 0.1) is 6.04 Å². The number of rotatable bonds is 7. The van der Waals surface area contributed by atoms with Gasteiger partial charge in [0, 0.05) is 11.1 Å². The van der Waals surface area contributed by atoms with Crippen LogP contribution in [0, 0.1) is 12.3 Å². The molecular weight excluding hydrogens is 384 g/mol. The molecule has 0 aliphatic carbocycles. The van der Waals surface area contributed by atoms with Crippen LogP contribution < -0.4 is 5.43 Å². The molecule has 0 unspecified atom stereocenters. The molecular formula is C27H38N2O2. The maximum Gasteiger partial charge on any atom is 0.272 e. The SMILES string of the molecule is CCC[C@H](N(NC(=O)c1ccccc1C)C(=O)c1cc(CC)cc(CC)c1)C(C)(C)C. The molecule has 2 aromatic carbocycles. The molecule has 0 saturated heterocycles. The van der Waals surface area contributed by atoms with Gasteiger partial charge in [-0.25, -0.2) is 5.01 Å². The summed E-state index contributed by atoms with van der Waals surface area (Å²) in [5, 5.41) is 1.59. The van der Waals surface area contributed by atoms with Gasteiger partial charge in [0.2, 0.25) is 0 Å². The van der Waals surface area contributed by atoms with Crippen LogP contribution in [-0.4, -0.2) is 22.9 Å². The number of hydrogen-bond donors (Lipinski definition) is 1. The van der Waals surface area contributed by atoms with Gasteiger partial charge in [0.25, 0.3) is 11.8 Å². The fourth-order valence-corrected chi connectivity index (χ4v) is 3.92. The Labute approximate surface area is 188 Å². The number of hydrazine groups is 1. The molecule has 0 saturated carbocycles. The third-order valence-corrected chi connectivity index (χ3v) is 5.82. The molecule has 4 nitrogen and oxygen atoms in total. The van der Waals surface area contributed by atoms with Crippen LogP contribution in [0.5, 0.6) is 0 Å². The minimum absolute atomic E-state index is 0.131. The van der Waals surface area contributed by atoms with E-state index in [0.717, 1.165) is 42.4 Å². The minimum Gasteiger partial charge on any atom is -0.267 e. The molecule has 0 heterocycles. The van der Waals surface area contributed by atoms with E-state index in [4.69, 9.17) is 0 Å². The predicted molar refractivity (Wildman–Crippen MR) is 128 cm³/mol. The van der Waals surface area contributed by atoms with Crippen molar-refractivity contribution in [1.82, 2.24) is 10.4 Å². The second-order valence-electron chi connectivity index (χ2n) is 9.35. The number of benzene rings is 2. The minimum atomic E-state index is -0.251. The Morgan fingerprint density at radius 1 is 0.968 bits per heavy atom. The summed E-state index contributed by atoms with van der Waals surface area (Å²) in [7, 11) is 0. The van der Waals surface area contributed by atoms with Gasteiger partial charge < -0.3 is 0 Å². The van der Waals surface area contributed by atoms with Gasteiger partial charge >= 0.3 is 0 Å². The first-order chi connectivity index (χ1) is 14.6. The van der Waals surface area contributed by atoms with Gasteiger partial charge in [0.1, 0.15) is 0 Å². The fourth-order valence-electron chi connectivity index (χ4n) is 3.92. The molecule has 0 bridgehead atoms. The molecule has 31 heavy (non-hydrogen) atoms. The van der Waals surface area contributed by atoms with E-state index in [2.05, 4.69) is 53.0 Å². The van der Waals surface area contributed by atoms with Crippen molar-refractivity contribution in [3.8, 4) is 0 Å². The first kappa shape index (κ1) is 24.6. The zero-order chi connectivity index (χ0) is 23.2. The monoisotopic (exact) mass is 422 g/mol. The Balaban J connectivity index is 2.52. The van der Waals surface area contributed by atoms with Gasteiger partial charge in [-0.1, -0.05) is 72.2 Å². The third-order valence-electron chi connectivity index (χ3n) is 5.82. The Morgan fingerprint density at radius 3 is 2.03 bits per heavy atom. The van der Waals surface area contributed by atoms with E-state index in [0.29, 0.717) is 11.1 Å². The zero-order valence-electron chi connectivity index (χ0n) is 20.2. The summed E-state index contributed by atoms with van der Waals surface area (Å²) >= 11 is 0. The molecule has 2 rings (SSSR count). The maximum atomic E-state index is 13.8. The highest BCUT2D eigenvalue weighted by atomic mass is 16.2. The zero-order valence-corrected chi connectivity index (χ0v) is 20.2. The number of amides is 2. The van der Waals surface area contributed by atoms with Crippen molar-refractivity contribution in [1.29, 1.82) is 0 Å². The standard InChI is InChI=1S/C27H38N2O2/c1-8-13-24(27(5,6)7)29(28-25(30)23-15-12-11-14-19(23)4)26(31)22-17-20(9-2)16-21(10-3)18-22/h11-12,14-18,24H,8-10,13H2,1-7H3,(H,28,30)/t24-/m0/s1. The number of aryl methyl sites for hydroxylation is 3. The molecule has 0 fully saturated rings. The predicted octanol–water partition coefficient (Wildman–Crippen LogP) is 6.12. The Hall–Kier alpha value is -2.62. The average molecular weight is 423 g/mol. The molecule has 0 aliphatic heterocycles. The van der Waals surface area contributed by atoms with Crippen LogP contribution in [0.4, 0.5) is 0 Å². The molecule has 2 aromatic rings. The lowest BCUT2D eigenvalue weighted by molar-refractivity contribution is 0.0270. The number of carbonyl (C=O) groups excluding carboxylic acids is 2. The average Bonchev–Trinajstić information content (AvgIpc) is 2.74. The van der Waals surface area contributed by atoms with Crippen molar-refractivity contribution in [3.05, 3.63) is 70.3 Å². The van der Waals surface area contributed by atoms with Crippen LogP contribution in [-0.2, 0) is 12.8 Å². The Bertz CT molecular complexity index is 889. The van der Waals surface area contributed by atoms with E-state index >= 15 is 0 Å². The molecule has 2 amide bonds. The molecule has 0 radical (unpaired) electrons. The molecule has 168 valence electrons. The molecule has 1 atom stereocenters. The Morgan fingerprint density at radius 2 is 1.55 bits per heavy atom. The highest BCUT2D eigenvalue weighted by Gasteiger charge is 2.35. The summed E-state index contributed by atoms with van der Waals surface area (Å²) in [4.78, 5) is 27.0. The smallest absolute Gasteiger partial charge is 0.267 e. The van der Waals surface area contributed by atoms with Crippen LogP contribution in [0.1, 0.15) is 91.8 Å². The van der Waals surface area contributed by atoms with E-state index in [1.54, 1.807) is 11.1 Å². The lowest BCUT2D eigenvalue weighted by Gasteiger charge is -2.40. The lowest BCUT2D eigenvalue weighted by Crippen LogP contribution is -2.56. The van der Waals surface area contributed by atoms with Crippen LogP contribution >= 0.6 is 0 Å². The van der Waals surface area contributed by atoms with E-state index < -0.39 is 0 Å². The summed E-state index contributed by atoms with van der Waals surface area (Å²) in [5.74, 6) is -0.403. The Kier molecular flexibility index (Phi) is 8.43. The topological polar surface area (TPSA) is 49.4 Å². The summed E-state index contributed by atoms with van der Waals surface area (Å²) in [6, 6.07) is 13.4.